The maximum atomic E-state index is 12.7. The van der Waals surface area contributed by atoms with Crippen LogP contribution >= 0.6 is 0 Å². The molecule has 1 atom stereocenters. The fraction of sp³-hybridized carbons (Fsp3) is 0.379. The minimum absolute atomic E-state index is 0.191. The number of piperidine rings is 1. The fourth-order valence-electron chi connectivity index (χ4n) is 4.92. The lowest BCUT2D eigenvalue weighted by molar-refractivity contribution is 0.102. The topological polar surface area (TPSA) is 90.9 Å². The van der Waals surface area contributed by atoms with Crippen LogP contribution in [0.3, 0.4) is 0 Å². The molecule has 0 aliphatic carbocycles. The highest BCUT2D eigenvalue weighted by Crippen LogP contribution is 2.20. The molecular weight excluding hydrogens is 480 g/mol. The maximum Gasteiger partial charge on any atom is 0.416 e. The molecule has 2 saturated heterocycles. The molecule has 9 heteroatoms. The first-order valence-corrected chi connectivity index (χ1v) is 13.3. The van der Waals surface area contributed by atoms with Crippen molar-refractivity contribution in [2.24, 2.45) is 0 Å². The van der Waals surface area contributed by atoms with Crippen LogP contribution in [0.5, 0.6) is 5.88 Å². The summed E-state index contributed by atoms with van der Waals surface area (Å²) >= 11 is 0. The molecular formula is C29H34N6O3. The van der Waals surface area contributed by atoms with Crippen molar-refractivity contribution in [3.8, 4) is 5.88 Å². The number of nitrogens with one attached hydrogen (secondary N) is 1. The third-order valence-electron chi connectivity index (χ3n) is 7.24. The molecule has 1 aromatic carbocycles. The average molecular weight is 515 g/mol. The molecule has 0 bridgehead atoms. The number of pyridine rings is 2. The van der Waals surface area contributed by atoms with E-state index >= 15 is 0 Å². The Kier molecular flexibility index (Phi) is 8.13. The highest BCUT2D eigenvalue weighted by atomic mass is 16.6. The molecule has 2 aliphatic rings. The molecule has 5 rings (SSSR count). The van der Waals surface area contributed by atoms with Crippen LogP contribution in [-0.2, 0) is 6.54 Å². The number of carbonyl (C=O) groups is 2. The SMILES string of the molecule is CC1CCCCN1Cc1ccc(C(=O)Nc2ccc(OC(=O)N3CCN(c4ccccn4)CC3)nc2)cc1. The number of nitrogens with zero attached hydrogens (tertiary/aromatic N) is 5. The van der Waals surface area contributed by atoms with Crippen LogP contribution in [-0.4, -0.2) is 70.5 Å². The largest absolute Gasteiger partial charge is 0.416 e. The number of amides is 2. The van der Waals surface area contributed by atoms with Gasteiger partial charge in [0.2, 0.25) is 5.88 Å². The zero-order valence-electron chi connectivity index (χ0n) is 21.8. The van der Waals surface area contributed by atoms with E-state index in [1.165, 1.54) is 31.0 Å². The van der Waals surface area contributed by atoms with Gasteiger partial charge in [-0.05, 0) is 62.2 Å². The second-order valence-electron chi connectivity index (χ2n) is 9.88. The monoisotopic (exact) mass is 514 g/mol. The number of rotatable bonds is 6. The lowest BCUT2D eigenvalue weighted by Crippen LogP contribution is -2.49. The van der Waals surface area contributed by atoms with Crippen molar-refractivity contribution >= 4 is 23.5 Å². The van der Waals surface area contributed by atoms with Crippen molar-refractivity contribution in [3.63, 3.8) is 0 Å². The number of aromatic nitrogens is 2. The zero-order chi connectivity index (χ0) is 26.3. The average Bonchev–Trinajstić information content (AvgIpc) is 2.96. The van der Waals surface area contributed by atoms with Gasteiger partial charge in [-0.15, -0.1) is 0 Å². The third-order valence-corrected chi connectivity index (χ3v) is 7.24. The Labute approximate surface area is 223 Å². The summed E-state index contributed by atoms with van der Waals surface area (Å²) in [4.78, 5) is 40.2. The molecule has 2 amide bonds. The molecule has 38 heavy (non-hydrogen) atoms. The predicted octanol–water partition coefficient (Wildman–Crippen LogP) is 4.42. The minimum Gasteiger partial charge on any atom is -0.391 e. The predicted molar refractivity (Wildman–Crippen MR) is 146 cm³/mol. The van der Waals surface area contributed by atoms with Gasteiger partial charge in [0.05, 0.1) is 11.9 Å². The summed E-state index contributed by atoms with van der Waals surface area (Å²) < 4.78 is 5.45. The molecule has 2 fully saturated rings. The summed E-state index contributed by atoms with van der Waals surface area (Å²) in [5, 5.41) is 2.86. The second kappa shape index (κ2) is 12.0. The van der Waals surface area contributed by atoms with E-state index < -0.39 is 6.09 Å². The first-order chi connectivity index (χ1) is 18.5. The quantitative estimate of drug-likeness (QED) is 0.521. The number of anilines is 2. The Balaban J connectivity index is 1.09. The second-order valence-corrected chi connectivity index (χ2v) is 9.88. The van der Waals surface area contributed by atoms with Gasteiger partial charge in [0.1, 0.15) is 5.82 Å². The summed E-state index contributed by atoms with van der Waals surface area (Å²) in [6.07, 6.45) is 6.62. The van der Waals surface area contributed by atoms with Gasteiger partial charge in [0.15, 0.2) is 0 Å². The molecule has 198 valence electrons. The molecule has 0 radical (unpaired) electrons. The Morgan fingerprint density at radius 3 is 2.45 bits per heavy atom. The van der Waals surface area contributed by atoms with Crippen LogP contribution in [0.25, 0.3) is 0 Å². The van der Waals surface area contributed by atoms with Crippen molar-refractivity contribution in [1.29, 1.82) is 0 Å². The standard InChI is InChI=1S/C29H34N6O3/c1-22-6-3-5-15-35(22)21-23-8-10-24(11-9-23)28(36)32-25-12-13-27(31-20-25)38-29(37)34-18-16-33(17-19-34)26-7-2-4-14-30-26/h2,4,7-14,20,22H,3,5-6,15-19,21H2,1H3,(H,32,36). The van der Waals surface area contributed by atoms with Crippen LogP contribution in [0.15, 0.2) is 67.0 Å². The minimum atomic E-state index is -0.436. The summed E-state index contributed by atoms with van der Waals surface area (Å²) in [6, 6.07) is 17.4. The number of benzene rings is 1. The third kappa shape index (κ3) is 6.47. The van der Waals surface area contributed by atoms with Crippen LogP contribution in [0.2, 0.25) is 0 Å². The molecule has 0 saturated carbocycles. The van der Waals surface area contributed by atoms with E-state index in [4.69, 9.17) is 4.74 Å². The lowest BCUT2D eigenvalue weighted by Gasteiger charge is -2.34. The number of likely N-dealkylation sites (tertiary alicyclic amines) is 1. The van der Waals surface area contributed by atoms with Gasteiger partial charge in [-0.25, -0.2) is 14.8 Å². The van der Waals surface area contributed by atoms with E-state index in [1.807, 2.05) is 42.5 Å². The molecule has 2 aromatic heterocycles. The number of hydrogen-bond donors (Lipinski definition) is 1. The highest BCUT2D eigenvalue weighted by Gasteiger charge is 2.23. The normalized spacial score (nSPS) is 18.2. The van der Waals surface area contributed by atoms with E-state index in [1.54, 1.807) is 23.2 Å². The lowest BCUT2D eigenvalue weighted by atomic mass is 10.0. The first-order valence-electron chi connectivity index (χ1n) is 13.3. The van der Waals surface area contributed by atoms with E-state index in [0.29, 0.717) is 43.5 Å². The van der Waals surface area contributed by atoms with Gasteiger partial charge in [0.25, 0.3) is 5.91 Å². The van der Waals surface area contributed by atoms with Crippen LogP contribution in [0.4, 0.5) is 16.3 Å². The van der Waals surface area contributed by atoms with Crippen molar-refractivity contribution < 1.29 is 14.3 Å². The Morgan fingerprint density at radius 1 is 0.947 bits per heavy atom. The zero-order valence-corrected chi connectivity index (χ0v) is 21.8. The molecule has 9 nitrogen and oxygen atoms in total. The number of hydrogen-bond acceptors (Lipinski definition) is 7. The van der Waals surface area contributed by atoms with Gasteiger partial charge < -0.3 is 19.9 Å². The highest BCUT2D eigenvalue weighted by molar-refractivity contribution is 6.04. The summed E-state index contributed by atoms with van der Waals surface area (Å²) in [6.45, 7) is 6.77. The van der Waals surface area contributed by atoms with Gasteiger partial charge in [-0.1, -0.05) is 24.6 Å². The molecule has 1 unspecified atom stereocenters. The van der Waals surface area contributed by atoms with Gasteiger partial charge in [-0.2, -0.15) is 0 Å². The number of carbonyl (C=O) groups excluding carboxylic acids is 2. The van der Waals surface area contributed by atoms with Gasteiger partial charge in [-0.3, -0.25) is 9.69 Å². The molecule has 2 aliphatic heterocycles. The number of ether oxygens (including phenoxy) is 1. The van der Waals surface area contributed by atoms with Gasteiger partial charge in [0, 0.05) is 56.6 Å². The molecule has 0 spiro atoms. The summed E-state index contributed by atoms with van der Waals surface area (Å²) in [7, 11) is 0. The molecule has 1 N–H and O–H groups in total. The van der Waals surface area contributed by atoms with Crippen LogP contribution in [0.1, 0.15) is 42.1 Å². The van der Waals surface area contributed by atoms with Crippen molar-refractivity contribution in [3.05, 3.63) is 78.1 Å². The van der Waals surface area contributed by atoms with Crippen molar-refractivity contribution in [2.75, 3.05) is 42.9 Å². The fourth-order valence-corrected chi connectivity index (χ4v) is 4.92. The maximum absolute atomic E-state index is 12.7. The van der Waals surface area contributed by atoms with E-state index in [9.17, 15) is 9.59 Å². The Hall–Kier alpha value is -3.98. The van der Waals surface area contributed by atoms with Crippen molar-refractivity contribution in [2.45, 2.75) is 38.8 Å². The Bertz CT molecular complexity index is 1210. The first kappa shape index (κ1) is 25.7. The van der Waals surface area contributed by atoms with Crippen LogP contribution in [0, 0.1) is 0 Å². The molecule has 4 heterocycles. The summed E-state index contributed by atoms with van der Waals surface area (Å²) in [5.74, 6) is 0.888. The smallest absolute Gasteiger partial charge is 0.391 e. The van der Waals surface area contributed by atoms with E-state index in [0.717, 1.165) is 18.9 Å². The van der Waals surface area contributed by atoms with Crippen molar-refractivity contribution in [1.82, 2.24) is 19.8 Å². The van der Waals surface area contributed by atoms with E-state index in [-0.39, 0.29) is 11.8 Å². The van der Waals surface area contributed by atoms with E-state index in [2.05, 4.69) is 32.0 Å². The number of piperazine rings is 1. The Morgan fingerprint density at radius 2 is 1.76 bits per heavy atom. The summed E-state index contributed by atoms with van der Waals surface area (Å²) in [5.41, 5.74) is 2.33. The van der Waals surface area contributed by atoms with Gasteiger partial charge >= 0.3 is 6.09 Å². The molecule has 3 aromatic rings. The van der Waals surface area contributed by atoms with Crippen LogP contribution < -0.4 is 15.0 Å².